The van der Waals surface area contributed by atoms with Crippen molar-refractivity contribution in [3.05, 3.63) is 52.0 Å². The maximum atomic E-state index is 10.6. The first-order valence-corrected chi connectivity index (χ1v) is 9.45. The Hall–Kier alpha value is -2.64. The Morgan fingerprint density at radius 2 is 1.71 bits per heavy atom. The molecule has 0 spiro atoms. The number of hydrogen-bond acceptors (Lipinski definition) is 6. The number of unbranched alkanes of at least 4 members (excludes halogenated alkanes) is 1. The number of aromatic amines is 1. The highest BCUT2D eigenvalue weighted by Gasteiger charge is 2.10. The van der Waals surface area contributed by atoms with Crippen LogP contribution in [0.25, 0.3) is 11.4 Å². The van der Waals surface area contributed by atoms with Crippen molar-refractivity contribution in [1.82, 2.24) is 20.6 Å². The number of nitrogens with zero attached hydrogens (tertiary/aromatic N) is 3. The number of rotatable bonds is 10. The number of aromatic nitrogens is 4. The molecule has 146 valence electrons. The maximum Gasteiger partial charge on any atom is 0.179 e. The second kappa shape index (κ2) is 10.1. The molecule has 0 aliphatic rings. The van der Waals surface area contributed by atoms with Crippen molar-refractivity contribution in [3.63, 3.8) is 0 Å². The summed E-state index contributed by atoms with van der Waals surface area (Å²) in [6, 6.07) is 11.0. The minimum absolute atomic E-state index is 0.229. The number of aldehydes is 1. The average Bonchev–Trinajstić information content (AvgIpc) is 3.25. The number of carbonyl (C=O) groups is 1. The number of H-pyrrole nitrogens is 1. The lowest BCUT2D eigenvalue weighted by Crippen LogP contribution is -2.03. The van der Waals surface area contributed by atoms with Gasteiger partial charge < -0.3 is 14.3 Å². The van der Waals surface area contributed by atoms with Gasteiger partial charge in [0.2, 0.25) is 0 Å². The molecule has 9 heteroatoms. The Labute approximate surface area is 172 Å². The number of halogens is 2. The van der Waals surface area contributed by atoms with E-state index in [-0.39, 0.29) is 6.42 Å². The molecular weight excluding hydrogens is 403 g/mol. The quantitative estimate of drug-likeness (QED) is 0.391. The summed E-state index contributed by atoms with van der Waals surface area (Å²) >= 11 is 12.3. The predicted octanol–water partition coefficient (Wildman–Crippen LogP) is 4.15. The lowest BCUT2D eigenvalue weighted by Gasteiger charge is -2.11. The molecule has 0 aliphatic heterocycles. The van der Waals surface area contributed by atoms with Gasteiger partial charge in [-0.3, -0.25) is 0 Å². The van der Waals surface area contributed by atoms with E-state index in [0.717, 1.165) is 30.4 Å². The zero-order chi connectivity index (χ0) is 19.8. The number of ether oxygens (including phenoxy) is 2. The highest BCUT2D eigenvalue weighted by molar-refractivity contribution is 6.43. The van der Waals surface area contributed by atoms with Crippen LogP contribution in [0.4, 0.5) is 0 Å². The summed E-state index contributed by atoms with van der Waals surface area (Å²) in [5.41, 5.74) is 1.58. The fourth-order valence-electron chi connectivity index (χ4n) is 2.50. The van der Waals surface area contributed by atoms with E-state index in [1.807, 2.05) is 24.3 Å². The highest BCUT2D eigenvalue weighted by atomic mass is 35.5. The molecule has 0 atom stereocenters. The molecule has 0 amide bonds. The van der Waals surface area contributed by atoms with Crippen LogP contribution in [0, 0.1) is 0 Å². The van der Waals surface area contributed by atoms with E-state index in [1.165, 1.54) is 0 Å². The van der Waals surface area contributed by atoms with Crippen LogP contribution in [-0.2, 0) is 11.2 Å². The molecule has 28 heavy (non-hydrogen) atoms. The van der Waals surface area contributed by atoms with Gasteiger partial charge in [-0.1, -0.05) is 29.3 Å². The Morgan fingerprint density at radius 3 is 2.39 bits per heavy atom. The molecule has 2 aromatic carbocycles. The van der Waals surface area contributed by atoms with Crippen molar-refractivity contribution in [2.24, 2.45) is 0 Å². The van der Waals surface area contributed by atoms with Crippen molar-refractivity contribution in [1.29, 1.82) is 0 Å². The van der Waals surface area contributed by atoms with Crippen LogP contribution in [0.15, 0.2) is 36.4 Å². The van der Waals surface area contributed by atoms with Gasteiger partial charge in [0.1, 0.15) is 22.8 Å². The van der Waals surface area contributed by atoms with Crippen molar-refractivity contribution >= 4 is 29.5 Å². The van der Waals surface area contributed by atoms with Crippen LogP contribution in [-0.4, -0.2) is 40.1 Å². The van der Waals surface area contributed by atoms with Gasteiger partial charge in [-0.15, -0.1) is 5.10 Å². The second-order valence-corrected chi connectivity index (χ2v) is 6.66. The van der Waals surface area contributed by atoms with E-state index in [4.69, 9.17) is 32.7 Å². The van der Waals surface area contributed by atoms with Gasteiger partial charge in [0.05, 0.1) is 18.2 Å². The first-order valence-electron chi connectivity index (χ1n) is 8.69. The van der Waals surface area contributed by atoms with E-state index in [2.05, 4.69) is 20.6 Å². The van der Waals surface area contributed by atoms with Gasteiger partial charge in [0.15, 0.2) is 5.82 Å². The van der Waals surface area contributed by atoms with Crippen LogP contribution in [0.1, 0.15) is 18.4 Å². The minimum atomic E-state index is 0.229. The molecule has 0 bridgehead atoms. The number of tetrazole rings is 1. The molecule has 0 saturated heterocycles. The smallest absolute Gasteiger partial charge is 0.179 e. The summed E-state index contributed by atoms with van der Waals surface area (Å²) in [4.78, 5) is 10.6. The SMILES string of the molecule is O=CCc1ccc(OCCCCOc2ccc(-c3nnn[nH]3)cc2)c(Cl)c1Cl. The van der Waals surface area contributed by atoms with Crippen molar-refractivity contribution < 1.29 is 14.3 Å². The standard InChI is InChI=1S/C19H18Cl2N4O3/c20-17-13(9-10-26)5-8-16(18(17)21)28-12-2-1-11-27-15-6-3-14(4-7-15)19-22-24-25-23-19/h3-8,10H,1-2,9,11-12H2,(H,22,23,24,25). The number of nitrogens with one attached hydrogen (secondary N) is 1. The fraction of sp³-hybridized carbons (Fsp3) is 0.263. The van der Waals surface area contributed by atoms with E-state index in [0.29, 0.717) is 40.4 Å². The van der Waals surface area contributed by atoms with Crippen LogP contribution >= 0.6 is 23.2 Å². The van der Waals surface area contributed by atoms with Crippen LogP contribution in [0.5, 0.6) is 11.5 Å². The molecule has 1 aromatic heterocycles. The Balaban J connectivity index is 1.38. The summed E-state index contributed by atoms with van der Waals surface area (Å²) < 4.78 is 11.4. The van der Waals surface area contributed by atoms with Gasteiger partial charge in [0.25, 0.3) is 0 Å². The third kappa shape index (κ3) is 5.21. The summed E-state index contributed by atoms with van der Waals surface area (Å²) in [7, 11) is 0. The Morgan fingerprint density at radius 1 is 0.964 bits per heavy atom. The molecule has 7 nitrogen and oxygen atoms in total. The Bertz CT molecular complexity index is 902. The van der Waals surface area contributed by atoms with E-state index >= 15 is 0 Å². The van der Waals surface area contributed by atoms with E-state index < -0.39 is 0 Å². The monoisotopic (exact) mass is 420 g/mol. The molecule has 0 unspecified atom stereocenters. The zero-order valence-corrected chi connectivity index (χ0v) is 16.4. The Kier molecular flexibility index (Phi) is 7.22. The number of benzene rings is 2. The molecular formula is C19H18Cl2N4O3. The zero-order valence-electron chi connectivity index (χ0n) is 14.9. The molecule has 3 rings (SSSR count). The second-order valence-electron chi connectivity index (χ2n) is 5.90. The number of carbonyl (C=O) groups excluding carboxylic acids is 1. The van der Waals surface area contributed by atoms with E-state index in [1.54, 1.807) is 12.1 Å². The van der Waals surface area contributed by atoms with Crippen molar-refractivity contribution in [3.8, 4) is 22.9 Å². The van der Waals surface area contributed by atoms with Gasteiger partial charge in [0, 0.05) is 12.0 Å². The summed E-state index contributed by atoms with van der Waals surface area (Å²) in [6.07, 6.45) is 2.64. The minimum Gasteiger partial charge on any atom is -0.494 e. The average molecular weight is 421 g/mol. The lowest BCUT2D eigenvalue weighted by molar-refractivity contribution is -0.107. The predicted molar refractivity (Wildman–Crippen MR) is 106 cm³/mol. The molecule has 0 radical (unpaired) electrons. The van der Waals surface area contributed by atoms with Crippen molar-refractivity contribution in [2.75, 3.05) is 13.2 Å². The third-order valence-electron chi connectivity index (χ3n) is 3.97. The van der Waals surface area contributed by atoms with Crippen LogP contribution in [0.2, 0.25) is 10.0 Å². The summed E-state index contributed by atoms with van der Waals surface area (Å²) in [5.74, 6) is 1.90. The van der Waals surface area contributed by atoms with Gasteiger partial charge in [-0.05, 0) is 59.2 Å². The van der Waals surface area contributed by atoms with Crippen LogP contribution in [0.3, 0.4) is 0 Å². The maximum absolute atomic E-state index is 10.6. The topological polar surface area (TPSA) is 90.0 Å². The number of hydrogen-bond donors (Lipinski definition) is 1. The summed E-state index contributed by atoms with van der Waals surface area (Å²) in [6.45, 7) is 1.06. The van der Waals surface area contributed by atoms with Gasteiger partial charge in [-0.2, -0.15) is 0 Å². The highest BCUT2D eigenvalue weighted by Crippen LogP contribution is 2.34. The van der Waals surface area contributed by atoms with Crippen molar-refractivity contribution in [2.45, 2.75) is 19.3 Å². The normalized spacial score (nSPS) is 10.6. The first kappa shape index (κ1) is 20.1. The molecule has 0 saturated carbocycles. The van der Waals surface area contributed by atoms with E-state index in [9.17, 15) is 4.79 Å². The van der Waals surface area contributed by atoms with Gasteiger partial charge >= 0.3 is 0 Å². The fourth-order valence-corrected chi connectivity index (χ4v) is 2.97. The van der Waals surface area contributed by atoms with Crippen LogP contribution < -0.4 is 9.47 Å². The summed E-state index contributed by atoms with van der Waals surface area (Å²) in [5, 5.41) is 14.4. The molecule has 0 aliphatic carbocycles. The molecule has 1 heterocycles. The third-order valence-corrected chi connectivity index (χ3v) is 4.87. The van der Waals surface area contributed by atoms with Gasteiger partial charge in [-0.25, -0.2) is 5.10 Å². The molecule has 0 fully saturated rings. The molecule has 3 aromatic rings. The lowest BCUT2D eigenvalue weighted by atomic mass is 10.1. The first-order chi connectivity index (χ1) is 13.7. The molecule has 1 N–H and O–H groups in total. The largest absolute Gasteiger partial charge is 0.494 e.